The summed E-state index contributed by atoms with van der Waals surface area (Å²) in [4.78, 5) is 38.2. The van der Waals surface area contributed by atoms with Crippen LogP contribution in [0.25, 0.3) is 0 Å². The molecule has 0 N–H and O–H groups in total. The lowest BCUT2D eigenvalue weighted by molar-refractivity contribution is -0.167. The van der Waals surface area contributed by atoms with E-state index in [1.54, 1.807) is 0 Å². The maximum absolute atomic E-state index is 12.8. The third-order valence-corrected chi connectivity index (χ3v) is 12.7. The van der Waals surface area contributed by atoms with Gasteiger partial charge in [0.15, 0.2) is 6.10 Å². The highest BCUT2D eigenvalue weighted by Gasteiger charge is 2.19. The summed E-state index contributed by atoms with van der Waals surface area (Å²) in [6.45, 7) is 6.50. The number of ether oxygens (including phenoxy) is 3. The molecule has 0 aromatic carbocycles. The van der Waals surface area contributed by atoms with Crippen molar-refractivity contribution in [2.75, 3.05) is 13.2 Å². The number of carbonyl (C=O) groups is 3. The molecule has 0 aliphatic rings. The van der Waals surface area contributed by atoms with Crippen LogP contribution in [0.1, 0.15) is 290 Å². The molecule has 6 heteroatoms. The molecule has 0 aliphatic carbocycles. The molecule has 0 unspecified atom stereocenters. The Morgan fingerprint density at radius 1 is 0.304 bits per heavy atom. The van der Waals surface area contributed by atoms with Crippen molar-refractivity contribution in [2.45, 2.75) is 297 Å². The van der Waals surface area contributed by atoms with Crippen LogP contribution in [0.5, 0.6) is 0 Å². The molecule has 0 radical (unpaired) electrons. The first kappa shape index (κ1) is 65.8. The Bertz CT molecular complexity index is 1290. The summed E-state index contributed by atoms with van der Waals surface area (Å²) in [7, 11) is 0. The van der Waals surface area contributed by atoms with Crippen LogP contribution >= 0.6 is 0 Å². The zero-order chi connectivity index (χ0) is 50.0. The number of allylic oxidation sites excluding steroid dienone is 12. The number of hydrogen-bond acceptors (Lipinski definition) is 6. The van der Waals surface area contributed by atoms with Gasteiger partial charge in [0.1, 0.15) is 13.2 Å². The van der Waals surface area contributed by atoms with Gasteiger partial charge in [0.2, 0.25) is 0 Å². The standard InChI is InChI=1S/C63H110O6/c1-4-7-10-13-16-19-22-25-28-30-31-33-35-38-41-44-47-50-53-56-62(65)68-59-60(58-67-61(64)55-52-49-46-43-40-37-34-27-24-21-18-15-12-9-6-3)69-63(66)57-54-51-48-45-42-39-36-32-29-26-23-20-17-14-11-8-5-2/h8,11,17,20,25-26,28-29,36,39,45,48,60H,4-7,9-10,12-16,18-19,21-24,27,30-35,37-38,40-44,46-47,49-59H2,1-3H3/b11-8-,20-17-,28-25-,29-26-,39-36-,48-45-/t60-/m0/s1. The number of hydrogen-bond donors (Lipinski definition) is 0. The fourth-order valence-corrected chi connectivity index (χ4v) is 8.30. The molecule has 0 rings (SSSR count). The molecule has 0 bridgehead atoms. The zero-order valence-electron chi connectivity index (χ0n) is 45.6. The van der Waals surface area contributed by atoms with Crippen molar-refractivity contribution < 1.29 is 28.6 Å². The summed E-state index contributed by atoms with van der Waals surface area (Å²) < 4.78 is 16.8. The summed E-state index contributed by atoms with van der Waals surface area (Å²) in [6, 6.07) is 0. The van der Waals surface area contributed by atoms with Gasteiger partial charge in [0.25, 0.3) is 0 Å². The minimum Gasteiger partial charge on any atom is -0.462 e. The monoisotopic (exact) mass is 963 g/mol. The molecule has 0 aromatic heterocycles. The second-order valence-corrected chi connectivity index (χ2v) is 19.5. The average Bonchev–Trinajstić information content (AvgIpc) is 3.35. The molecule has 0 fully saturated rings. The van der Waals surface area contributed by atoms with Gasteiger partial charge in [0.05, 0.1) is 0 Å². The van der Waals surface area contributed by atoms with Crippen LogP contribution in [0.3, 0.4) is 0 Å². The second kappa shape index (κ2) is 57.4. The van der Waals surface area contributed by atoms with E-state index < -0.39 is 6.10 Å². The van der Waals surface area contributed by atoms with E-state index in [9.17, 15) is 14.4 Å². The van der Waals surface area contributed by atoms with Crippen LogP contribution in [0, 0.1) is 0 Å². The number of carbonyl (C=O) groups excluding carboxylic acids is 3. The van der Waals surface area contributed by atoms with Crippen molar-refractivity contribution in [3.63, 3.8) is 0 Å². The van der Waals surface area contributed by atoms with E-state index in [0.29, 0.717) is 19.3 Å². The highest BCUT2D eigenvalue weighted by atomic mass is 16.6. The van der Waals surface area contributed by atoms with Gasteiger partial charge in [-0.05, 0) is 83.5 Å². The van der Waals surface area contributed by atoms with Crippen molar-refractivity contribution in [1.82, 2.24) is 0 Å². The van der Waals surface area contributed by atoms with Crippen LogP contribution in [0.15, 0.2) is 72.9 Å². The number of rotatable bonds is 53. The van der Waals surface area contributed by atoms with Gasteiger partial charge in [-0.25, -0.2) is 0 Å². The quantitative estimate of drug-likeness (QED) is 0.0262. The molecule has 6 nitrogen and oxygen atoms in total. The minimum atomic E-state index is -0.804. The van der Waals surface area contributed by atoms with Gasteiger partial charge in [-0.2, -0.15) is 0 Å². The van der Waals surface area contributed by atoms with E-state index in [-0.39, 0.29) is 37.5 Å². The second-order valence-electron chi connectivity index (χ2n) is 19.5. The Hall–Kier alpha value is -3.15. The highest BCUT2D eigenvalue weighted by molar-refractivity contribution is 5.71. The number of unbranched alkanes of at least 4 members (excludes halogenated alkanes) is 30. The van der Waals surface area contributed by atoms with E-state index in [0.717, 1.165) is 77.0 Å². The zero-order valence-corrected chi connectivity index (χ0v) is 45.6. The lowest BCUT2D eigenvalue weighted by Crippen LogP contribution is -2.30. The fraction of sp³-hybridized carbons (Fsp3) is 0.762. The van der Waals surface area contributed by atoms with Gasteiger partial charge in [-0.1, -0.05) is 261 Å². The van der Waals surface area contributed by atoms with Gasteiger partial charge >= 0.3 is 17.9 Å². The van der Waals surface area contributed by atoms with E-state index in [1.807, 2.05) is 0 Å². The Morgan fingerprint density at radius 2 is 0.580 bits per heavy atom. The lowest BCUT2D eigenvalue weighted by atomic mass is 10.0. The highest BCUT2D eigenvalue weighted by Crippen LogP contribution is 2.16. The van der Waals surface area contributed by atoms with E-state index in [1.165, 1.54) is 167 Å². The minimum absolute atomic E-state index is 0.0959. The maximum Gasteiger partial charge on any atom is 0.306 e. The van der Waals surface area contributed by atoms with Gasteiger partial charge in [-0.3, -0.25) is 14.4 Å². The molecular weight excluding hydrogens is 853 g/mol. The fourth-order valence-electron chi connectivity index (χ4n) is 8.30. The molecule has 0 aromatic rings. The normalized spacial score (nSPS) is 12.6. The van der Waals surface area contributed by atoms with Gasteiger partial charge < -0.3 is 14.2 Å². The molecule has 0 saturated carbocycles. The summed E-state index contributed by atoms with van der Waals surface area (Å²) in [5.74, 6) is -0.946. The predicted octanol–water partition coefficient (Wildman–Crippen LogP) is 19.8. The van der Waals surface area contributed by atoms with Gasteiger partial charge in [0, 0.05) is 19.3 Å². The van der Waals surface area contributed by atoms with Gasteiger partial charge in [-0.15, -0.1) is 0 Å². The van der Waals surface area contributed by atoms with Crippen LogP contribution in [0.2, 0.25) is 0 Å². The maximum atomic E-state index is 12.8. The molecule has 0 aliphatic heterocycles. The molecule has 398 valence electrons. The van der Waals surface area contributed by atoms with Crippen molar-refractivity contribution in [3.8, 4) is 0 Å². The molecular formula is C63H110O6. The summed E-state index contributed by atoms with van der Waals surface area (Å²) in [5, 5.41) is 0. The average molecular weight is 964 g/mol. The lowest BCUT2D eigenvalue weighted by Gasteiger charge is -2.18. The first-order valence-corrected chi connectivity index (χ1v) is 29.4. The Morgan fingerprint density at radius 3 is 0.942 bits per heavy atom. The molecule has 0 amide bonds. The van der Waals surface area contributed by atoms with Crippen molar-refractivity contribution in [3.05, 3.63) is 72.9 Å². The Kier molecular flexibility index (Phi) is 54.8. The molecule has 69 heavy (non-hydrogen) atoms. The Balaban J connectivity index is 4.43. The summed E-state index contributed by atoms with van der Waals surface area (Å²) in [5.41, 5.74) is 0. The van der Waals surface area contributed by atoms with Crippen LogP contribution in [-0.4, -0.2) is 37.2 Å². The largest absolute Gasteiger partial charge is 0.462 e. The van der Waals surface area contributed by atoms with E-state index >= 15 is 0 Å². The smallest absolute Gasteiger partial charge is 0.306 e. The van der Waals surface area contributed by atoms with Crippen LogP contribution < -0.4 is 0 Å². The first-order valence-electron chi connectivity index (χ1n) is 29.4. The van der Waals surface area contributed by atoms with Crippen LogP contribution in [-0.2, 0) is 28.6 Å². The van der Waals surface area contributed by atoms with Crippen molar-refractivity contribution >= 4 is 17.9 Å². The molecule has 0 spiro atoms. The Labute approximate surface area is 427 Å². The van der Waals surface area contributed by atoms with Crippen LogP contribution in [0.4, 0.5) is 0 Å². The SMILES string of the molecule is CC/C=C\C/C=C\C/C=C\C/C=C\C/C=C\CCCC(=O)O[C@H](COC(=O)CCCCCCCCCCC/C=C\CCCCCCCC)COC(=O)CCCCCCCCCCCCCCCCC. The third kappa shape index (κ3) is 55.6. The van der Waals surface area contributed by atoms with E-state index in [2.05, 4.69) is 93.7 Å². The molecule has 0 heterocycles. The van der Waals surface area contributed by atoms with Crippen molar-refractivity contribution in [2.24, 2.45) is 0 Å². The third-order valence-electron chi connectivity index (χ3n) is 12.7. The number of esters is 3. The first-order chi connectivity index (χ1) is 34.0. The topological polar surface area (TPSA) is 78.9 Å². The summed E-state index contributed by atoms with van der Waals surface area (Å²) >= 11 is 0. The molecule has 0 saturated heterocycles. The summed E-state index contributed by atoms with van der Waals surface area (Å²) in [6.07, 6.45) is 73.3. The predicted molar refractivity (Wildman–Crippen MR) is 298 cm³/mol. The van der Waals surface area contributed by atoms with Crippen molar-refractivity contribution in [1.29, 1.82) is 0 Å². The van der Waals surface area contributed by atoms with E-state index in [4.69, 9.17) is 14.2 Å². The molecule has 1 atom stereocenters.